The van der Waals surface area contributed by atoms with Gasteiger partial charge in [0.25, 0.3) is 0 Å². The smallest absolute Gasteiger partial charge is 0.243 e. The second-order valence-corrected chi connectivity index (χ2v) is 6.87. The van der Waals surface area contributed by atoms with Crippen LogP contribution in [0.15, 0.2) is 34.9 Å². The Hall–Kier alpha value is -2.54. The summed E-state index contributed by atoms with van der Waals surface area (Å²) in [4.78, 5) is 6.92. The highest BCUT2D eigenvalue weighted by molar-refractivity contribution is 5.55. The molecule has 1 atom stereocenters. The van der Waals surface area contributed by atoms with Crippen LogP contribution in [0.5, 0.6) is 0 Å². The van der Waals surface area contributed by atoms with Crippen molar-refractivity contribution in [2.45, 2.75) is 44.8 Å². The maximum atomic E-state index is 5.50. The standard InChI is InChI=1S/C18H20N6O/c1-12(18-19-16(22-25-18)13-7-8-13)23-9-10-24-15(11-23)20-21-17(24)14-5-3-2-4-6-14/h2-6,12-13H,7-11H2,1H3/t12-/m0/s1. The van der Waals surface area contributed by atoms with Crippen molar-refractivity contribution in [1.82, 2.24) is 29.8 Å². The second-order valence-electron chi connectivity index (χ2n) is 6.87. The van der Waals surface area contributed by atoms with Gasteiger partial charge in [-0.25, -0.2) is 0 Å². The highest BCUT2D eigenvalue weighted by Crippen LogP contribution is 2.38. The molecular formula is C18H20N6O. The van der Waals surface area contributed by atoms with Gasteiger partial charge in [-0.15, -0.1) is 10.2 Å². The lowest BCUT2D eigenvalue weighted by Crippen LogP contribution is -2.36. The summed E-state index contributed by atoms with van der Waals surface area (Å²) in [6, 6.07) is 10.3. The molecule has 1 aromatic carbocycles. The van der Waals surface area contributed by atoms with E-state index in [1.807, 2.05) is 18.2 Å². The molecule has 1 saturated carbocycles. The lowest BCUT2D eigenvalue weighted by molar-refractivity contribution is 0.136. The van der Waals surface area contributed by atoms with Gasteiger partial charge in [0, 0.05) is 24.6 Å². The Labute approximate surface area is 145 Å². The zero-order chi connectivity index (χ0) is 16.8. The summed E-state index contributed by atoms with van der Waals surface area (Å²) in [6.07, 6.45) is 2.37. The summed E-state index contributed by atoms with van der Waals surface area (Å²) in [5.41, 5.74) is 1.11. The van der Waals surface area contributed by atoms with Gasteiger partial charge in [-0.05, 0) is 19.8 Å². The Bertz CT molecular complexity index is 882. The Kier molecular flexibility index (Phi) is 3.41. The first-order valence-corrected chi connectivity index (χ1v) is 8.84. The zero-order valence-electron chi connectivity index (χ0n) is 14.2. The molecule has 2 aromatic heterocycles. The molecule has 128 valence electrons. The average molecular weight is 336 g/mol. The molecule has 0 radical (unpaired) electrons. The first-order valence-electron chi connectivity index (χ1n) is 8.84. The number of rotatable bonds is 4. The van der Waals surface area contributed by atoms with Gasteiger partial charge in [0.05, 0.1) is 12.6 Å². The van der Waals surface area contributed by atoms with Crippen LogP contribution in [0.2, 0.25) is 0 Å². The third-order valence-corrected chi connectivity index (χ3v) is 5.12. The molecule has 2 aliphatic rings. The molecule has 0 saturated heterocycles. The maximum Gasteiger partial charge on any atom is 0.243 e. The summed E-state index contributed by atoms with van der Waals surface area (Å²) >= 11 is 0. The second kappa shape index (κ2) is 5.77. The van der Waals surface area contributed by atoms with Crippen molar-refractivity contribution < 1.29 is 4.52 Å². The van der Waals surface area contributed by atoms with E-state index < -0.39 is 0 Å². The molecule has 1 aliphatic carbocycles. The van der Waals surface area contributed by atoms with E-state index in [4.69, 9.17) is 4.52 Å². The van der Waals surface area contributed by atoms with Gasteiger partial charge in [-0.2, -0.15) is 4.98 Å². The average Bonchev–Trinajstić information content (AvgIpc) is 3.24. The van der Waals surface area contributed by atoms with Gasteiger partial charge in [0.15, 0.2) is 11.6 Å². The first-order chi connectivity index (χ1) is 12.3. The van der Waals surface area contributed by atoms with E-state index in [-0.39, 0.29) is 6.04 Å². The Morgan fingerprint density at radius 3 is 2.76 bits per heavy atom. The number of nitrogens with zero attached hydrogens (tertiary/aromatic N) is 6. The molecule has 1 fully saturated rings. The van der Waals surface area contributed by atoms with Crippen molar-refractivity contribution in [1.29, 1.82) is 0 Å². The summed E-state index contributed by atoms with van der Waals surface area (Å²) in [7, 11) is 0. The molecule has 5 rings (SSSR count). The molecular weight excluding hydrogens is 316 g/mol. The predicted octanol–water partition coefficient (Wildman–Crippen LogP) is 2.78. The van der Waals surface area contributed by atoms with Crippen LogP contribution in [0.1, 0.15) is 49.3 Å². The quantitative estimate of drug-likeness (QED) is 0.729. The SMILES string of the molecule is C[C@@H](c1nc(C2CC2)no1)N1CCn2c(nnc2-c2ccccc2)C1. The third-order valence-electron chi connectivity index (χ3n) is 5.12. The summed E-state index contributed by atoms with van der Waals surface area (Å²) in [5, 5.41) is 12.9. The molecule has 7 nitrogen and oxygen atoms in total. The Balaban J connectivity index is 1.36. The Morgan fingerprint density at radius 1 is 1.12 bits per heavy atom. The van der Waals surface area contributed by atoms with Crippen molar-refractivity contribution >= 4 is 0 Å². The van der Waals surface area contributed by atoms with E-state index >= 15 is 0 Å². The lowest BCUT2D eigenvalue weighted by atomic mass is 10.2. The van der Waals surface area contributed by atoms with Crippen LogP contribution in [0.4, 0.5) is 0 Å². The topological polar surface area (TPSA) is 72.9 Å². The molecule has 0 amide bonds. The monoisotopic (exact) mass is 336 g/mol. The molecule has 25 heavy (non-hydrogen) atoms. The molecule has 0 spiro atoms. The predicted molar refractivity (Wildman–Crippen MR) is 90.6 cm³/mol. The van der Waals surface area contributed by atoms with E-state index in [0.29, 0.717) is 11.8 Å². The number of fused-ring (bicyclic) bond motifs is 1. The van der Waals surface area contributed by atoms with Crippen molar-refractivity contribution in [3.05, 3.63) is 47.9 Å². The highest BCUT2D eigenvalue weighted by atomic mass is 16.5. The van der Waals surface area contributed by atoms with Gasteiger partial charge >= 0.3 is 0 Å². The largest absolute Gasteiger partial charge is 0.338 e. The third kappa shape index (κ3) is 2.64. The van der Waals surface area contributed by atoms with Gasteiger partial charge in [0.1, 0.15) is 5.82 Å². The van der Waals surface area contributed by atoms with E-state index in [1.54, 1.807) is 0 Å². The number of benzene rings is 1. The van der Waals surface area contributed by atoms with E-state index in [0.717, 1.165) is 42.7 Å². The number of hydrogen-bond donors (Lipinski definition) is 0. The minimum atomic E-state index is 0.0885. The van der Waals surface area contributed by atoms with Gasteiger partial charge in [-0.3, -0.25) is 4.90 Å². The highest BCUT2D eigenvalue weighted by Gasteiger charge is 2.32. The lowest BCUT2D eigenvalue weighted by Gasteiger charge is -2.30. The summed E-state index contributed by atoms with van der Waals surface area (Å²) in [5.74, 6) is 4.02. The molecule has 7 heteroatoms. The number of hydrogen-bond acceptors (Lipinski definition) is 6. The first kappa shape index (κ1) is 14.8. The fourth-order valence-electron chi connectivity index (χ4n) is 3.39. The normalized spacial score (nSPS) is 18.9. The fourth-order valence-corrected chi connectivity index (χ4v) is 3.39. The zero-order valence-corrected chi connectivity index (χ0v) is 14.2. The van der Waals surface area contributed by atoms with E-state index in [1.165, 1.54) is 12.8 Å². The van der Waals surface area contributed by atoms with Crippen LogP contribution in [-0.4, -0.2) is 36.3 Å². The molecule has 3 aromatic rings. The number of aromatic nitrogens is 5. The van der Waals surface area contributed by atoms with Crippen LogP contribution >= 0.6 is 0 Å². The molecule has 0 N–H and O–H groups in total. The van der Waals surface area contributed by atoms with Gasteiger partial charge in [0.2, 0.25) is 5.89 Å². The van der Waals surface area contributed by atoms with Gasteiger partial charge < -0.3 is 9.09 Å². The van der Waals surface area contributed by atoms with Gasteiger partial charge in [-0.1, -0.05) is 35.5 Å². The minimum absolute atomic E-state index is 0.0885. The van der Waals surface area contributed by atoms with Crippen molar-refractivity contribution in [3.63, 3.8) is 0 Å². The van der Waals surface area contributed by atoms with E-state index in [2.05, 4.69) is 48.9 Å². The fraction of sp³-hybridized carbons (Fsp3) is 0.444. The van der Waals surface area contributed by atoms with Crippen LogP contribution in [-0.2, 0) is 13.1 Å². The molecule has 0 bridgehead atoms. The molecule has 3 heterocycles. The van der Waals surface area contributed by atoms with Crippen LogP contribution in [0.3, 0.4) is 0 Å². The van der Waals surface area contributed by atoms with Crippen molar-refractivity contribution in [2.75, 3.05) is 6.54 Å². The Morgan fingerprint density at radius 2 is 1.96 bits per heavy atom. The molecule has 1 aliphatic heterocycles. The van der Waals surface area contributed by atoms with Crippen molar-refractivity contribution in [3.8, 4) is 11.4 Å². The summed E-state index contributed by atoms with van der Waals surface area (Å²) in [6.45, 7) is 4.63. The van der Waals surface area contributed by atoms with Crippen molar-refractivity contribution in [2.24, 2.45) is 0 Å². The maximum absolute atomic E-state index is 5.50. The minimum Gasteiger partial charge on any atom is -0.338 e. The van der Waals surface area contributed by atoms with E-state index in [9.17, 15) is 0 Å². The molecule has 0 unspecified atom stereocenters. The summed E-state index contributed by atoms with van der Waals surface area (Å²) < 4.78 is 7.71. The van der Waals surface area contributed by atoms with Crippen LogP contribution < -0.4 is 0 Å². The van der Waals surface area contributed by atoms with Crippen LogP contribution in [0, 0.1) is 0 Å². The van der Waals surface area contributed by atoms with Crippen LogP contribution in [0.25, 0.3) is 11.4 Å².